The molecule has 3 N–H and O–H groups in total. The zero-order valence-corrected chi connectivity index (χ0v) is 13.2. The Morgan fingerprint density at radius 3 is 2.40 bits per heavy atom. The number of carbonyl (C=O) groups is 1. The zero-order valence-electron chi connectivity index (χ0n) is 13.2. The smallest absolute Gasteiger partial charge is 0.237 e. The molecule has 0 aliphatic rings. The highest BCUT2D eigenvalue weighted by Gasteiger charge is 2.24. The van der Waals surface area contributed by atoms with Crippen molar-refractivity contribution in [3.63, 3.8) is 0 Å². The first-order valence-electron chi connectivity index (χ1n) is 7.21. The van der Waals surface area contributed by atoms with Crippen LogP contribution in [0.4, 0.5) is 5.69 Å². The zero-order chi connectivity index (χ0) is 15.3. The third kappa shape index (κ3) is 4.85. The van der Waals surface area contributed by atoms with Crippen molar-refractivity contribution in [2.45, 2.75) is 59.3 Å². The van der Waals surface area contributed by atoms with Crippen LogP contribution in [-0.4, -0.2) is 28.9 Å². The number of nitrogen functional groups attached to an aromatic ring is 1. The number of benzene rings is 1. The van der Waals surface area contributed by atoms with Crippen LogP contribution in [0, 0.1) is 0 Å². The molecular formula is C16H27N3O. The quantitative estimate of drug-likeness (QED) is 0.785. The van der Waals surface area contributed by atoms with Gasteiger partial charge in [-0.05, 0) is 52.3 Å². The van der Waals surface area contributed by atoms with Crippen LogP contribution < -0.4 is 11.1 Å². The van der Waals surface area contributed by atoms with E-state index in [1.54, 1.807) is 0 Å². The Balaban J connectivity index is 2.81. The van der Waals surface area contributed by atoms with Gasteiger partial charge >= 0.3 is 0 Å². The SMILES string of the molecule is CC(C)NC(=O)C(C)N(Cc1cccc(N)c1)C(C)C. The summed E-state index contributed by atoms with van der Waals surface area (Å²) in [6, 6.07) is 8.09. The predicted molar refractivity (Wildman–Crippen MR) is 84.3 cm³/mol. The van der Waals surface area contributed by atoms with E-state index in [2.05, 4.69) is 24.1 Å². The Hall–Kier alpha value is -1.55. The van der Waals surface area contributed by atoms with Crippen LogP contribution in [-0.2, 0) is 11.3 Å². The van der Waals surface area contributed by atoms with Crippen LogP contribution in [0.3, 0.4) is 0 Å². The lowest BCUT2D eigenvalue weighted by atomic mass is 10.1. The van der Waals surface area contributed by atoms with Gasteiger partial charge in [-0.15, -0.1) is 0 Å². The Kier molecular flexibility index (Phi) is 6.02. The van der Waals surface area contributed by atoms with E-state index in [1.165, 1.54) is 0 Å². The molecule has 1 aromatic rings. The average molecular weight is 277 g/mol. The van der Waals surface area contributed by atoms with Crippen LogP contribution in [0.2, 0.25) is 0 Å². The summed E-state index contributed by atoms with van der Waals surface area (Å²) in [6.07, 6.45) is 0. The second-order valence-electron chi connectivity index (χ2n) is 5.85. The van der Waals surface area contributed by atoms with Crippen molar-refractivity contribution >= 4 is 11.6 Å². The Morgan fingerprint density at radius 2 is 1.90 bits per heavy atom. The Morgan fingerprint density at radius 1 is 1.25 bits per heavy atom. The average Bonchev–Trinajstić information content (AvgIpc) is 2.34. The molecule has 0 aromatic heterocycles. The molecule has 0 bridgehead atoms. The van der Waals surface area contributed by atoms with Crippen LogP contribution in [0.1, 0.15) is 40.2 Å². The van der Waals surface area contributed by atoms with Crippen LogP contribution in [0.25, 0.3) is 0 Å². The first-order valence-corrected chi connectivity index (χ1v) is 7.21. The third-order valence-corrected chi connectivity index (χ3v) is 3.29. The van der Waals surface area contributed by atoms with Gasteiger partial charge in [0, 0.05) is 24.3 Å². The van der Waals surface area contributed by atoms with Crippen LogP contribution in [0.15, 0.2) is 24.3 Å². The molecule has 0 fully saturated rings. The van der Waals surface area contributed by atoms with Crippen molar-refractivity contribution in [3.05, 3.63) is 29.8 Å². The summed E-state index contributed by atoms with van der Waals surface area (Å²) < 4.78 is 0. The van der Waals surface area contributed by atoms with E-state index in [4.69, 9.17) is 5.73 Å². The molecule has 4 nitrogen and oxygen atoms in total. The van der Waals surface area contributed by atoms with Crippen molar-refractivity contribution < 1.29 is 4.79 Å². The molecule has 0 radical (unpaired) electrons. The molecule has 0 saturated heterocycles. The molecule has 0 aliphatic heterocycles. The summed E-state index contributed by atoms with van der Waals surface area (Å²) in [5, 5.41) is 2.97. The van der Waals surface area contributed by atoms with E-state index in [0.29, 0.717) is 0 Å². The molecule has 1 aromatic carbocycles. The number of anilines is 1. The van der Waals surface area contributed by atoms with Gasteiger partial charge in [-0.3, -0.25) is 9.69 Å². The number of nitrogens with two attached hydrogens (primary N) is 1. The predicted octanol–water partition coefficient (Wildman–Crippen LogP) is 2.39. The normalized spacial score (nSPS) is 13.0. The number of carbonyl (C=O) groups excluding carboxylic acids is 1. The standard InChI is InChI=1S/C16H27N3O/c1-11(2)18-16(20)13(5)19(12(3)4)10-14-7-6-8-15(17)9-14/h6-9,11-13H,10,17H2,1-5H3,(H,18,20). The van der Waals surface area contributed by atoms with Crippen LogP contribution in [0.5, 0.6) is 0 Å². The summed E-state index contributed by atoms with van der Waals surface area (Å²) in [6.45, 7) is 10.8. The van der Waals surface area contributed by atoms with Gasteiger partial charge in [0.2, 0.25) is 5.91 Å². The van der Waals surface area contributed by atoms with Gasteiger partial charge in [-0.1, -0.05) is 12.1 Å². The van der Waals surface area contributed by atoms with E-state index in [9.17, 15) is 4.79 Å². The highest BCUT2D eigenvalue weighted by molar-refractivity contribution is 5.81. The molecule has 1 unspecified atom stereocenters. The summed E-state index contributed by atoms with van der Waals surface area (Å²) in [4.78, 5) is 14.4. The van der Waals surface area contributed by atoms with Gasteiger partial charge in [0.15, 0.2) is 0 Å². The number of hydrogen-bond acceptors (Lipinski definition) is 3. The summed E-state index contributed by atoms with van der Waals surface area (Å²) in [5.74, 6) is 0.0672. The number of hydrogen-bond donors (Lipinski definition) is 2. The highest BCUT2D eigenvalue weighted by atomic mass is 16.2. The molecule has 0 heterocycles. The highest BCUT2D eigenvalue weighted by Crippen LogP contribution is 2.14. The number of nitrogens with one attached hydrogen (secondary N) is 1. The monoisotopic (exact) mass is 277 g/mol. The van der Waals surface area contributed by atoms with Crippen molar-refractivity contribution in [1.29, 1.82) is 0 Å². The molecule has 0 saturated carbocycles. The lowest BCUT2D eigenvalue weighted by Crippen LogP contribution is -2.49. The molecule has 0 spiro atoms. The maximum atomic E-state index is 12.2. The molecule has 0 aliphatic carbocycles. The van der Waals surface area contributed by atoms with Gasteiger partial charge in [0.05, 0.1) is 6.04 Å². The first kappa shape index (κ1) is 16.5. The van der Waals surface area contributed by atoms with Gasteiger partial charge in [-0.25, -0.2) is 0 Å². The minimum Gasteiger partial charge on any atom is -0.399 e. The third-order valence-electron chi connectivity index (χ3n) is 3.29. The van der Waals surface area contributed by atoms with Gasteiger partial charge in [-0.2, -0.15) is 0 Å². The minimum atomic E-state index is -0.168. The number of nitrogens with zero attached hydrogens (tertiary/aromatic N) is 1. The van der Waals surface area contributed by atoms with Crippen molar-refractivity contribution in [1.82, 2.24) is 10.2 Å². The fraction of sp³-hybridized carbons (Fsp3) is 0.562. The lowest BCUT2D eigenvalue weighted by Gasteiger charge is -2.32. The van der Waals surface area contributed by atoms with E-state index in [-0.39, 0.29) is 24.0 Å². The minimum absolute atomic E-state index is 0.0672. The second kappa shape index (κ2) is 7.29. The molecule has 1 rings (SSSR count). The molecule has 20 heavy (non-hydrogen) atoms. The lowest BCUT2D eigenvalue weighted by molar-refractivity contribution is -0.127. The summed E-state index contributed by atoms with van der Waals surface area (Å²) in [5.41, 5.74) is 7.70. The molecule has 112 valence electrons. The topological polar surface area (TPSA) is 58.4 Å². The largest absolute Gasteiger partial charge is 0.399 e. The van der Waals surface area contributed by atoms with Gasteiger partial charge < -0.3 is 11.1 Å². The van der Waals surface area contributed by atoms with Crippen molar-refractivity contribution in [2.75, 3.05) is 5.73 Å². The number of rotatable bonds is 6. The van der Waals surface area contributed by atoms with Crippen molar-refractivity contribution in [2.24, 2.45) is 0 Å². The van der Waals surface area contributed by atoms with Gasteiger partial charge in [0.1, 0.15) is 0 Å². The Labute approximate surface area is 122 Å². The maximum absolute atomic E-state index is 12.2. The maximum Gasteiger partial charge on any atom is 0.237 e. The summed E-state index contributed by atoms with van der Waals surface area (Å²) >= 11 is 0. The molecule has 4 heteroatoms. The van der Waals surface area contributed by atoms with E-state index in [0.717, 1.165) is 17.8 Å². The van der Waals surface area contributed by atoms with E-state index < -0.39 is 0 Å². The van der Waals surface area contributed by atoms with E-state index in [1.807, 2.05) is 45.0 Å². The second-order valence-corrected chi connectivity index (χ2v) is 5.85. The van der Waals surface area contributed by atoms with Crippen LogP contribution >= 0.6 is 0 Å². The van der Waals surface area contributed by atoms with E-state index >= 15 is 0 Å². The Bertz CT molecular complexity index is 443. The molecule has 1 amide bonds. The fourth-order valence-electron chi connectivity index (χ4n) is 2.22. The molecular weight excluding hydrogens is 250 g/mol. The summed E-state index contributed by atoms with van der Waals surface area (Å²) in [7, 11) is 0. The van der Waals surface area contributed by atoms with Gasteiger partial charge in [0.25, 0.3) is 0 Å². The number of amides is 1. The van der Waals surface area contributed by atoms with Crippen molar-refractivity contribution in [3.8, 4) is 0 Å². The molecule has 1 atom stereocenters. The fourth-order valence-corrected chi connectivity index (χ4v) is 2.22. The first-order chi connectivity index (χ1) is 9.31.